The van der Waals surface area contributed by atoms with Crippen molar-refractivity contribution in [2.24, 2.45) is 0 Å². The lowest BCUT2D eigenvalue weighted by Gasteiger charge is -2.10. The Morgan fingerprint density at radius 2 is 2.13 bits per heavy atom. The number of para-hydroxylation sites is 1. The van der Waals surface area contributed by atoms with E-state index >= 15 is 0 Å². The van der Waals surface area contributed by atoms with E-state index in [1.807, 2.05) is 41.1 Å². The van der Waals surface area contributed by atoms with E-state index in [0.29, 0.717) is 0 Å². The summed E-state index contributed by atoms with van der Waals surface area (Å²) in [6.45, 7) is 7.54. The molecule has 0 saturated carbocycles. The molecule has 0 bridgehead atoms. The minimum Gasteiger partial charge on any atom is -0.237 e. The van der Waals surface area contributed by atoms with Gasteiger partial charge in [0.15, 0.2) is 0 Å². The topological polar surface area (TPSA) is 30.7 Å². The van der Waals surface area contributed by atoms with Crippen molar-refractivity contribution in [2.75, 3.05) is 0 Å². The van der Waals surface area contributed by atoms with Crippen LogP contribution in [0.25, 0.3) is 11.0 Å². The number of rotatable bonds is 4. The number of nitrogens with zero attached hydrogens (tertiary/aromatic N) is 3. The molecule has 3 nitrogen and oxygen atoms in total. The van der Waals surface area contributed by atoms with Gasteiger partial charge in [-0.05, 0) is 18.6 Å². The number of aromatic nitrogens is 3. The summed E-state index contributed by atoms with van der Waals surface area (Å²) in [5, 5.41) is 8.23. The number of fused-ring (bicyclic) bond motifs is 1. The highest BCUT2D eigenvalue weighted by Crippen LogP contribution is 2.18. The lowest BCUT2D eigenvalue weighted by molar-refractivity contribution is 0.542. The molecular weight excluding hydrogens is 186 g/mol. The molecule has 0 spiro atoms. The number of allylic oxidation sites excluding steroid dienone is 2. The molecule has 0 amide bonds. The fraction of sp³-hybridized carbons (Fsp3) is 0.167. The molecule has 1 atom stereocenters. The first-order chi connectivity index (χ1) is 7.36. The molecule has 1 aromatic carbocycles. The van der Waals surface area contributed by atoms with Crippen LogP contribution in [-0.2, 0) is 0 Å². The maximum atomic E-state index is 4.13. The second kappa shape index (κ2) is 4.09. The monoisotopic (exact) mass is 199 g/mol. The first-order valence-electron chi connectivity index (χ1n) is 4.90. The molecular formula is C12H13N3. The minimum absolute atomic E-state index is 0.134. The predicted molar refractivity (Wildman–Crippen MR) is 61.6 cm³/mol. The summed E-state index contributed by atoms with van der Waals surface area (Å²) in [5.74, 6) is 0. The van der Waals surface area contributed by atoms with Crippen LogP contribution in [-0.4, -0.2) is 15.0 Å². The van der Waals surface area contributed by atoms with Crippen LogP contribution in [0.3, 0.4) is 0 Å². The molecule has 0 N–H and O–H groups in total. The van der Waals surface area contributed by atoms with Gasteiger partial charge in [-0.25, -0.2) is 4.68 Å². The quantitative estimate of drug-likeness (QED) is 0.709. The Morgan fingerprint density at radius 3 is 2.87 bits per heavy atom. The molecule has 0 radical (unpaired) electrons. The van der Waals surface area contributed by atoms with Crippen molar-refractivity contribution in [3.05, 3.63) is 49.6 Å². The van der Waals surface area contributed by atoms with E-state index in [-0.39, 0.29) is 6.04 Å². The van der Waals surface area contributed by atoms with Gasteiger partial charge < -0.3 is 0 Å². The van der Waals surface area contributed by atoms with E-state index in [1.54, 1.807) is 0 Å². The van der Waals surface area contributed by atoms with Crippen LogP contribution in [0.1, 0.15) is 12.5 Å². The van der Waals surface area contributed by atoms with Gasteiger partial charge in [-0.3, -0.25) is 0 Å². The van der Waals surface area contributed by atoms with Gasteiger partial charge >= 0.3 is 0 Å². The Kier molecular flexibility index (Phi) is 2.63. The maximum absolute atomic E-state index is 4.13. The summed E-state index contributed by atoms with van der Waals surface area (Å²) in [6.07, 6.45) is 4.54. The van der Waals surface area contributed by atoms with Crippen LogP contribution in [0.5, 0.6) is 0 Å². The first-order valence-corrected chi connectivity index (χ1v) is 4.90. The molecule has 1 aromatic heterocycles. The zero-order chi connectivity index (χ0) is 10.7. The molecule has 0 aliphatic heterocycles. The summed E-state index contributed by atoms with van der Waals surface area (Å²) < 4.78 is 1.88. The second-order valence-electron chi connectivity index (χ2n) is 3.35. The minimum atomic E-state index is 0.134. The van der Waals surface area contributed by atoms with E-state index in [9.17, 15) is 0 Å². The van der Waals surface area contributed by atoms with Crippen LogP contribution in [0.15, 0.2) is 49.6 Å². The van der Waals surface area contributed by atoms with Crippen molar-refractivity contribution in [3.63, 3.8) is 0 Å². The van der Waals surface area contributed by atoms with Crippen molar-refractivity contribution >= 4 is 11.0 Å². The third kappa shape index (κ3) is 1.68. The molecule has 0 aliphatic rings. The van der Waals surface area contributed by atoms with Crippen molar-refractivity contribution in [1.29, 1.82) is 0 Å². The average molecular weight is 199 g/mol. The van der Waals surface area contributed by atoms with Crippen LogP contribution in [0.4, 0.5) is 0 Å². The Hall–Kier alpha value is -1.90. The Bertz CT molecular complexity index is 484. The fourth-order valence-corrected chi connectivity index (χ4v) is 1.60. The zero-order valence-corrected chi connectivity index (χ0v) is 8.50. The average Bonchev–Trinajstić information content (AvgIpc) is 2.70. The van der Waals surface area contributed by atoms with Crippen LogP contribution in [0, 0.1) is 0 Å². The van der Waals surface area contributed by atoms with E-state index in [4.69, 9.17) is 0 Å². The van der Waals surface area contributed by atoms with E-state index < -0.39 is 0 Å². The second-order valence-corrected chi connectivity index (χ2v) is 3.35. The number of benzene rings is 1. The third-order valence-electron chi connectivity index (χ3n) is 2.37. The van der Waals surface area contributed by atoms with Gasteiger partial charge in [-0.15, -0.1) is 18.3 Å². The summed E-state index contributed by atoms with van der Waals surface area (Å²) in [6, 6.07) is 8.03. The Balaban J connectivity index is 2.50. The lowest BCUT2D eigenvalue weighted by atomic mass is 10.2. The number of hydrogen-bond acceptors (Lipinski definition) is 2. The van der Waals surface area contributed by atoms with Gasteiger partial charge in [-0.1, -0.05) is 29.5 Å². The third-order valence-corrected chi connectivity index (χ3v) is 2.37. The SMILES string of the molecule is C=CC[C@H](C=C)n1nnc2ccccc21. The van der Waals surface area contributed by atoms with Crippen LogP contribution in [0.2, 0.25) is 0 Å². The summed E-state index contributed by atoms with van der Waals surface area (Å²) in [4.78, 5) is 0. The zero-order valence-electron chi connectivity index (χ0n) is 8.50. The molecule has 2 aromatic rings. The Labute approximate surface area is 88.7 Å². The molecule has 0 fully saturated rings. The van der Waals surface area contributed by atoms with E-state index in [2.05, 4.69) is 23.5 Å². The standard InChI is InChI=1S/C12H13N3/c1-3-7-10(4-2)15-12-9-6-5-8-11(12)13-14-15/h3-6,8-10H,1-2,7H2/t10-/m0/s1. The fourth-order valence-electron chi connectivity index (χ4n) is 1.60. The summed E-state index contributed by atoms with van der Waals surface area (Å²) in [7, 11) is 0. The normalized spacial score (nSPS) is 12.5. The van der Waals surface area contributed by atoms with Gasteiger partial charge in [0.05, 0.1) is 11.6 Å². The van der Waals surface area contributed by atoms with Gasteiger partial charge in [0, 0.05) is 0 Å². The van der Waals surface area contributed by atoms with Gasteiger partial charge in [0.2, 0.25) is 0 Å². The molecule has 0 aliphatic carbocycles. The predicted octanol–water partition coefficient (Wildman–Crippen LogP) is 2.73. The number of hydrogen-bond donors (Lipinski definition) is 0. The molecule has 1 heterocycles. The van der Waals surface area contributed by atoms with Crippen LogP contribution >= 0.6 is 0 Å². The highest BCUT2D eigenvalue weighted by molar-refractivity contribution is 5.74. The molecule has 15 heavy (non-hydrogen) atoms. The van der Waals surface area contributed by atoms with E-state index in [0.717, 1.165) is 17.5 Å². The van der Waals surface area contributed by atoms with Gasteiger partial charge in [0.1, 0.15) is 5.52 Å². The highest BCUT2D eigenvalue weighted by Gasteiger charge is 2.10. The van der Waals surface area contributed by atoms with Crippen molar-refractivity contribution in [3.8, 4) is 0 Å². The largest absolute Gasteiger partial charge is 0.237 e. The molecule has 2 rings (SSSR count). The van der Waals surface area contributed by atoms with Crippen LogP contribution < -0.4 is 0 Å². The maximum Gasteiger partial charge on any atom is 0.113 e. The highest BCUT2D eigenvalue weighted by atomic mass is 15.4. The smallest absolute Gasteiger partial charge is 0.113 e. The van der Waals surface area contributed by atoms with Crippen molar-refractivity contribution < 1.29 is 0 Å². The first kappa shape index (κ1) is 9.65. The Morgan fingerprint density at radius 1 is 1.33 bits per heavy atom. The summed E-state index contributed by atoms with van der Waals surface area (Å²) >= 11 is 0. The van der Waals surface area contributed by atoms with Crippen molar-refractivity contribution in [2.45, 2.75) is 12.5 Å². The molecule has 0 unspecified atom stereocenters. The van der Waals surface area contributed by atoms with Gasteiger partial charge in [-0.2, -0.15) is 0 Å². The molecule has 76 valence electrons. The van der Waals surface area contributed by atoms with Gasteiger partial charge in [0.25, 0.3) is 0 Å². The summed E-state index contributed by atoms with van der Waals surface area (Å²) in [5.41, 5.74) is 1.94. The lowest BCUT2D eigenvalue weighted by Crippen LogP contribution is -2.07. The molecule has 0 saturated heterocycles. The van der Waals surface area contributed by atoms with E-state index in [1.165, 1.54) is 0 Å². The van der Waals surface area contributed by atoms with Crippen molar-refractivity contribution in [1.82, 2.24) is 15.0 Å². The molecule has 3 heteroatoms.